The fraction of sp³-hybridized carbons (Fsp3) is 0.158. The lowest BCUT2D eigenvalue weighted by atomic mass is 10.1. The maximum atomic E-state index is 13.9. The highest BCUT2D eigenvalue weighted by Gasteiger charge is 2.11. The Bertz CT molecular complexity index is 890. The van der Waals surface area contributed by atoms with Gasteiger partial charge < -0.3 is 15.7 Å². The number of aliphatic hydroxyl groups is 1. The van der Waals surface area contributed by atoms with E-state index >= 15 is 0 Å². The van der Waals surface area contributed by atoms with Gasteiger partial charge in [0.2, 0.25) is 5.95 Å². The van der Waals surface area contributed by atoms with Gasteiger partial charge in [-0.2, -0.15) is 4.98 Å². The van der Waals surface area contributed by atoms with Gasteiger partial charge in [0.05, 0.1) is 18.0 Å². The van der Waals surface area contributed by atoms with Crippen LogP contribution < -0.4 is 10.6 Å². The number of hydrogen-bond donors (Lipinski definition) is 3. The van der Waals surface area contributed by atoms with Crippen LogP contribution in [0.4, 0.5) is 26.2 Å². The first kappa shape index (κ1) is 17.8. The summed E-state index contributed by atoms with van der Waals surface area (Å²) in [6.45, 7) is 1.68. The lowest BCUT2D eigenvalue weighted by Gasteiger charge is -2.14. The van der Waals surface area contributed by atoms with E-state index in [-0.39, 0.29) is 24.3 Å². The zero-order chi connectivity index (χ0) is 18.5. The van der Waals surface area contributed by atoms with E-state index in [1.807, 2.05) is 30.3 Å². The fourth-order valence-electron chi connectivity index (χ4n) is 2.33. The molecule has 0 saturated heterocycles. The number of halogens is 2. The lowest BCUT2D eigenvalue weighted by molar-refractivity contribution is 0.281. The molecule has 0 aliphatic heterocycles. The normalized spacial score (nSPS) is 11.8. The van der Waals surface area contributed by atoms with Crippen molar-refractivity contribution in [2.24, 2.45) is 0 Å². The van der Waals surface area contributed by atoms with Crippen LogP contribution in [0.3, 0.4) is 0 Å². The van der Waals surface area contributed by atoms with Crippen molar-refractivity contribution in [3.63, 3.8) is 0 Å². The maximum absolute atomic E-state index is 13.9. The van der Waals surface area contributed by atoms with Crippen molar-refractivity contribution in [1.82, 2.24) is 9.97 Å². The zero-order valence-electron chi connectivity index (χ0n) is 14.1. The Morgan fingerprint density at radius 2 is 1.81 bits per heavy atom. The SMILES string of the molecule is C[C@@H](CO)Nc1nc(Nc2cc(F)ccc2F)cc(-c2ccccc2)n1. The van der Waals surface area contributed by atoms with E-state index in [0.717, 1.165) is 23.8 Å². The van der Waals surface area contributed by atoms with Gasteiger partial charge in [-0.15, -0.1) is 0 Å². The van der Waals surface area contributed by atoms with E-state index in [2.05, 4.69) is 20.6 Å². The minimum absolute atomic E-state index is 0.0242. The van der Waals surface area contributed by atoms with Crippen LogP contribution in [0.25, 0.3) is 11.3 Å². The van der Waals surface area contributed by atoms with Crippen molar-refractivity contribution in [3.8, 4) is 11.3 Å². The smallest absolute Gasteiger partial charge is 0.225 e. The molecule has 0 saturated carbocycles. The predicted molar refractivity (Wildman–Crippen MR) is 97.3 cm³/mol. The highest BCUT2D eigenvalue weighted by molar-refractivity contribution is 5.67. The number of aliphatic hydroxyl groups excluding tert-OH is 1. The quantitative estimate of drug-likeness (QED) is 0.624. The van der Waals surface area contributed by atoms with Crippen LogP contribution in [-0.2, 0) is 0 Å². The summed E-state index contributed by atoms with van der Waals surface area (Å²) in [5.74, 6) is -0.578. The summed E-state index contributed by atoms with van der Waals surface area (Å²) < 4.78 is 27.3. The average molecular weight is 356 g/mol. The van der Waals surface area contributed by atoms with Crippen LogP contribution in [0.2, 0.25) is 0 Å². The molecule has 0 unspecified atom stereocenters. The molecule has 3 rings (SSSR count). The largest absolute Gasteiger partial charge is 0.394 e. The first-order valence-electron chi connectivity index (χ1n) is 8.09. The molecule has 1 atom stereocenters. The van der Waals surface area contributed by atoms with E-state index in [0.29, 0.717) is 11.5 Å². The summed E-state index contributed by atoms with van der Waals surface area (Å²) in [7, 11) is 0. The van der Waals surface area contributed by atoms with Crippen LogP contribution in [0.5, 0.6) is 0 Å². The standard InChI is InChI=1S/C19H18F2N4O/c1-12(11-26)22-19-24-16(13-5-3-2-4-6-13)10-18(25-19)23-17-9-14(20)7-8-15(17)21/h2-10,12,26H,11H2,1H3,(H2,22,23,24,25)/t12-/m0/s1. The van der Waals surface area contributed by atoms with Gasteiger partial charge in [0.25, 0.3) is 0 Å². The fourth-order valence-corrected chi connectivity index (χ4v) is 2.33. The molecule has 0 aliphatic rings. The molecule has 2 aromatic carbocycles. The third-order valence-electron chi connectivity index (χ3n) is 3.64. The van der Waals surface area contributed by atoms with Gasteiger partial charge in [-0.25, -0.2) is 13.8 Å². The molecule has 3 N–H and O–H groups in total. The number of nitrogens with one attached hydrogen (secondary N) is 2. The topological polar surface area (TPSA) is 70.1 Å². The molecular formula is C19H18F2N4O. The number of nitrogens with zero attached hydrogens (tertiary/aromatic N) is 2. The summed E-state index contributed by atoms with van der Waals surface area (Å²) >= 11 is 0. The second kappa shape index (κ2) is 7.88. The summed E-state index contributed by atoms with van der Waals surface area (Å²) in [5, 5.41) is 15.0. The number of rotatable bonds is 6. The van der Waals surface area contributed by atoms with Gasteiger partial charge in [-0.05, 0) is 19.1 Å². The Morgan fingerprint density at radius 3 is 2.54 bits per heavy atom. The Morgan fingerprint density at radius 1 is 1.04 bits per heavy atom. The molecule has 3 aromatic rings. The first-order valence-corrected chi connectivity index (χ1v) is 8.09. The number of benzene rings is 2. The van der Waals surface area contributed by atoms with Crippen LogP contribution in [0, 0.1) is 11.6 Å². The third-order valence-corrected chi connectivity index (χ3v) is 3.64. The molecule has 1 heterocycles. The Hall–Kier alpha value is -3.06. The van der Waals surface area contributed by atoms with Crippen LogP contribution >= 0.6 is 0 Å². The molecule has 0 fully saturated rings. The van der Waals surface area contributed by atoms with E-state index in [4.69, 9.17) is 0 Å². The molecule has 1 aromatic heterocycles. The van der Waals surface area contributed by atoms with Gasteiger partial charge in [-0.1, -0.05) is 30.3 Å². The zero-order valence-corrected chi connectivity index (χ0v) is 14.1. The second-order valence-corrected chi connectivity index (χ2v) is 5.81. The summed E-state index contributed by atoms with van der Waals surface area (Å²) in [5.41, 5.74) is 1.42. The van der Waals surface area contributed by atoms with Gasteiger partial charge >= 0.3 is 0 Å². The molecule has 0 aliphatic carbocycles. The first-order chi connectivity index (χ1) is 12.5. The molecule has 134 valence electrons. The van der Waals surface area contributed by atoms with Crippen molar-refractivity contribution in [2.75, 3.05) is 17.2 Å². The summed E-state index contributed by atoms with van der Waals surface area (Å²) in [6.07, 6.45) is 0. The Labute approximate surface area is 149 Å². The van der Waals surface area contributed by atoms with Gasteiger partial charge in [0.15, 0.2) is 0 Å². The van der Waals surface area contributed by atoms with Crippen molar-refractivity contribution in [2.45, 2.75) is 13.0 Å². The molecule has 5 nitrogen and oxygen atoms in total. The molecule has 0 spiro atoms. The van der Waals surface area contributed by atoms with Crippen LogP contribution in [0.15, 0.2) is 54.6 Å². The number of hydrogen-bond acceptors (Lipinski definition) is 5. The van der Waals surface area contributed by atoms with E-state index < -0.39 is 11.6 Å². The van der Waals surface area contributed by atoms with Gasteiger partial charge in [0.1, 0.15) is 17.5 Å². The average Bonchev–Trinajstić information content (AvgIpc) is 2.65. The molecule has 7 heteroatoms. The minimum atomic E-state index is -0.593. The number of aromatic nitrogens is 2. The van der Waals surface area contributed by atoms with Crippen LogP contribution in [-0.4, -0.2) is 27.7 Å². The van der Waals surface area contributed by atoms with Gasteiger partial charge in [0, 0.05) is 23.7 Å². The van der Waals surface area contributed by atoms with Crippen molar-refractivity contribution in [1.29, 1.82) is 0 Å². The highest BCUT2D eigenvalue weighted by Crippen LogP contribution is 2.25. The Balaban J connectivity index is 2.00. The van der Waals surface area contributed by atoms with E-state index in [1.54, 1.807) is 13.0 Å². The van der Waals surface area contributed by atoms with Crippen molar-refractivity contribution in [3.05, 3.63) is 66.2 Å². The third kappa shape index (κ3) is 4.31. The van der Waals surface area contributed by atoms with Crippen molar-refractivity contribution >= 4 is 17.5 Å². The molecular weight excluding hydrogens is 338 g/mol. The maximum Gasteiger partial charge on any atom is 0.225 e. The van der Waals surface area contributed by atoms with Crippen molar-refractivity contribution < 1.29 is 13.9 Å². The van der Waals surface area contributed by atoms with Gasteiger partial charge in [-0.3, -0.25) is 0 Å². The molecule has 0 bridgehead atoms. The van der Waals surface area contributed by atoms with E-state index in [9.17, 15) is 13.9 Å². The minimum Gasteiger partial charge on any atom is -0.394 e. The number of anilines is 3. The Kier molecular flexibility index (Phi) is 5.38. The lowest BCUT2D eigenvalue weighted by Crippen LogP contribution is -2.21. The molecule has 26 heavy (non-hydrogen) atoms. The molecule has 0 amide bonds. The second-order valence-electron chi connectivity index (χ2n) is 5.81. The summed E-state index contributed by atoms with van der Waals surface area (Å²) in [6, 6.07) is 13.9. The summed E-state index contributed by atoms with van der Waals surface area (Å²) in [4.78, 5) is 8.71. The highest BCUT2D eigenvalue weighted by atomic mass is 19.1. The molecule has 0 radical (unpaired) electrons. The van der Waals surface area contributed by atoms with E-state index in [1.165, 1.54) is 0 Å². The monoisotopic (exact) mass is 356 g/mol. The van der Waals surface area contributed by atoms with Crippen LogP contribution in [0.1, 0.15) is 6.92 Å². The predicted octanol–water partition coefficient (Wildman–Crippen LogP) is 3.96.